The summed E-state index contributed by atoms with van der Waals surface area (Å²) in [4.78, 5) is 12.2. The summed E-state index contributed by atoms with van der Waals surface area (Å²) in [5.41, 5.74) is 0.592. The Labute approximate surface area is 110 Å². The fourth-order valence-electron chi connectivity index (χ4n) is 1.33. The van der Waals surface area contributed by atoms with Gasteiger partial charge in [0.05, 0.1) is 5.41 Å². The summed E-state index contributed by atoms with van der Waals surface area (Å²) >= 11 is 0. The smallest absolute Gasteiger partial charge is 0.317 e. The molecule has 0 aromatic heterocycles. The molecule has 0 amide bonds. The Bertz CT molecular complexity index is 408. The summed E-state index contributed by atoms with van der Waals surface area (Å²) in [5, 5.41) is 0. The van der Waals surface area contributed by atoms with Crippen LogP contribution in [0.2, 0.25) is 0 Å². The van der Waals surface area contributed by atoms with Crippen LogP contribution in [0.4, 0.5) is 0 Å². The van der Waals surface area contributed by atoms with Gasteiger partial charge in [0.1, 0.15) is 5.75 Å². The van der Waals surface area contributed by atoms with Crippen LogP contribution in [-0.2, 0) is 11.2 Å². The van der Waals surface area contributed by atoms with Gasteiger partial charge in [-0.3, -0.25) is 4.79 Å². The Morgan fingerprint density at radius 2 is 1.56 bits per heavy atom. The molecule has 0 aliphatic heterocycles. The van der Waals surface area contributed by atoms with E-state index in [1.807, 2.05) is 38.1 Å². The quantitative estimate of drug-likeness (QED) is 0.591. The van der Waals surface area contributed by atoms with Crippen molar-refractivity contribution >= 4 is 5.97 Å². The highest BCUT2D eigenvalue weighted by Gasteiger charge is 2.41. The second kappa shape index (κ2) is 5.13. The first-order valence-electron chi connectivity index (χ1n) is 6.49. The number of hydrogen-bond donors (Lipinski definition) is 0. The molecule has 0 unspecified atom stereocenters. The maximum atomic E-state index is 12.2. The molecule has 0 heterocycles. The van der Waals surface area contributed by atoms with Crippen LogP contribution in [0.3, 0.4) is 0 Å². The van der Waals surface area contributed by atoms with Crippen molar-refractivity contribution in [2.75, 3.05) is 0 Å². The van der Waals surface area contributed by atoms with E-state index < -0.39 is 5.41 Å². The molecule has 100 valence electrons. The van der Waals surface area contributed by atoms with Crippen molar-refractivity contribution in [2.24, 2.45) is 10.8 Å². The van der Waals surface area contributed by atoms with E-state index in [9.17, 15) is 4.79 Å². The van der Waals surface area contributed by atoms with Gasteiger partial charge < -0.3 is 4.74 Å². The summed E-state index contributed by atoms with van der Waals surface area (Å²) in [5.74, 6) is 0.439. The first-order valence-corrected chi connectivity index (χ1v) is 6.49. The molecule has 1 aromatic carbocycles. The van der Waals surface area contributed by atoms with Gasteiger partial charge in [0.2, 0.25) is 0 Å². The summed E-state index contributed by atoms with van der Waals surface area (Å²) in [6, 6.07) is 7.70. The third-order valence-electron chi connectivity index (χ3n) is 3.93. The molecular formula is C16H24O2. The lowest BCUT2D eigenvalue weighted by Crippen LogP contribution is -2.40. The van der Waals surface area contributed by atoms with Gasteiger partial charge in [-0.05, 0) is 43.4 Å². The van der Waals surface area contributed by atoms with Crippen molar-refractivity contribution < 1.29 is 9.53 Å². The fraction of sp³-hybridized carbons (Fsp3) is 0.562. The summed E-state index contributed by atoms with van der Waals surface area (Å²) < 4.78 is 5.47. The minimum absolute atomic E-state index is 0.132. The van der Waals surface area contributed by atoms with Gasteiger partial charge in [-0.25, -0.2) is 0 Å². The molecule has 2 heteroatoms. The van der Waals surface area contributed by atoms with E-state index in [0.717, 1.165) is 6.42 Å². The average Bonchev–Trinajstić information content (AvgIpc) is 2.28. The van der Waals surface area contributed by atoms with Crippen LogP contribution in [-0.4, -0.2) is 5.97 Å². The Balaban J connectivity index is 2.81. The van der Waals surface area contributed by atoms with Crippen molar-refractivity contribution in [3.05, 3.63) is 29.8 Å². The highest BCUT2D eigenvalue weighted by molar-refractivity contribution is 5.79. The number of aryl methyl sites for hydroxylation is 1. The van der Waals surface area contributed by atoms with E-state index in [1.54, 1.807) is 0 Å². The van der Waals surface area contributed by atoms with Crippen molar-refractivity contribution in [1.82, 2.24) is 0 Å². The first-order chi connectivity index (χ1) is 8.18. The van der Waals surface area contributed by atoms with Gasteiger partial charge in [-0.15, -0.1) is 0 Å². The van der Waals surface area contributed by atoms with E-state index >= 15 is 0 Å². The highest BCUT2D eigenvalue weighted by atomic mass is 16.5. The standard InChI is InChI=1S/C16H24O2/c1-7-12-8-10-13(11-9-12)18-14(17)16(5,6)15(2,3)4/h8-11H,7H2,1-6H3. The molecule has 0 saturated heterocycles. The molecule has 2 nitrogen and oxygen atoms in total. The molecule has 0 spiro atoms. The minimum atomic E-state index is -0.517. The number of carbonyl (C=O) groups excluding carboxylic acids is 1. The lowest BCUT2D eigenvalue weighted by molar-refractivity contribution is -0.150. The van der Waals surface area contributed by atoms with Gasteiger partial charge in [0, 0.05) is 0 Å². The van der Waals surface area contributed by atoms with E-state index in [2.05, 4.69) is 27.7 Å². The zero-order valence-corrected chi connectivity index (χ0v) is 12.3. The van der Waals surface area contributed by atoms with E-state index in [1.165, 1.54) is 5.56 Å². The topological polar surface area (TPSA) is 26.3 Å². The third-order valence-corrected chi connectivity index (χ3v) is 3.93. The second-order valence-electron chi connectivity index (χ2n) is 6.26. The van der Waals surface area contributed by atoms with E-state index in [-0.39, 0.29) is 11.4 Å². The number of rotatable bonds is 3. The summed E-state index contributed by atoms with van der Waals surface area (Å²) in [6.45, 7) is 12.1. The van der Waals surface area contributed by atoms with Crippen molar-refractivity contribution in [3.8, 4) is 5.75 Å². The molecule has 0 fully saturated rings. The number of esters is 1. The summed E-state index contributed by atoms with van der Waals surface area (Å²) in [6.07, 6.45) is 0.988. The number of ether oxygens (including phenoxy) is 1. The van der Waals surface area contributed by atoms with Crippen molar-refractivity contribution in [1.29, 1.82) is 0 Å². The van der Waals surface area contributed by atoms with Crippen molar-refractivity contribution in [3.63, 3.8) is 0 Å². The lowest BCUT2D eigenvalue weighted by Gasteiger charge is -2.36. The van der Waals surface area contributed by atoms with Gasteiger partial charge in [0.25, 0.3) is 0 Å². The molecule has 0 atom stereocenters. The maximum Gasteiger partial charge on any atom is 0.317 e. The molecule has 0 N–H and O–H groups in total. The van der Waals surface area contributed by atoms with Gasteiger partial charge in [-0.2, -0.15) is 0 Å². The Morgan fingerprint density at radius 1 is 1.06 bits per heavy atom. The highest BCUT2D eigenvalue weighted by Crippen LogP contribution is 2.39. The maximum absolute atomic E-state index is 12.2. The molecule has 18 heavy (non-hydrogen) atoms. The molecule has 1 rings (SSSR count). The zero-order valence-electron chi connectivity index (χ0n) is 12.3. The Hall–Kier alpha value is -1.31. The zero-order chi connectivity index (χ0) is 14.0. The van der Waals surface area contributed by atoms with Crippen LogP contribution < -0.4 is 4.74 Å². The molecule has 0 aliphatic rings. The minimum Gasteiger partial charge on any atom is -0.426 e. The van der Waals surface area contributed by atoms with Gasteiger partial charge in [-0.1, -0.05) is 39.8 Å². The second-order valence-corrected chi connectivity index (χ2v) is 6.26. The molecule has 0 aliphatic carbocycles. The average molecular weight is 248 g/mol. The van der Waals surface area contributed by atoms with Crippen LogP contribution in [0.15, 0.2) is 24.3 Å². The molecule has 0 saturated carbocycles. The van der Waals surface area contributed by atoms with Crippen LogP contribution in [0, 0.1) is 10.8 Å². The molecule has 0 radical (unpaired) electrons. The number of hydrogen-bond acceptors (Lipinski definition) is 2. The number of benzene rings is 1. The SMILES string of the molecule is CCc1ccc(OC(=O)C(C)(C)C(C)(C)C)cc1. The first kappa shape index (κ1) is 14.7. The molecule has 1 aromatic rings. The van der Waals surface area contributed by atoms with Crippen molar-refractivity contribution in [2.45, 2.75) is 48.0 Å². The van der Waals surface area contributed by atoms with E-state index in [4.69, 9.17) is 4.74 Å². The van der Waals surface area contributed by atoms with Crippen LogP contribution in [0.1, 0.15) is 47.1 Å². The van der Waals surface area contributed by atoms with Crippen LogP contribution in [0.5, 0.6) is 5.75 Å². The van der Waals surface area contributed by atoms with Crippen LogP contribution >= 0.6 is 0 Å². The third kappa shape index (κ3) is 3.12. The predicted octanol–water partition coefficient (Wildman–Crippen LogP) is 4.23. The fourth-order valence-corrected chi connectivity index (χ4v) is 1.33. The Kier molecular flexibility index (Phi) is 4.20. The molecular weight excluding hydrogens is 224 g/mol. The summed E-state index contributed by atoms with van der Waals surface area (Å²) in [7, 11) is 0. The molecule has 0 bridgehead atoms. The van der Waals surface area contributed by atoms with Crippen LogP contribution in [0.25, 0.3) is 0 Å². The van der Waals surface area contributed by atoms with Gasteiger partial charge >= 0.3 is 5.97 Å². The largest absolute Gasteiger partial charge is 0.426 e. The Morgan fingerprint density at radius 3 is 1.94 bits per heavy atom. The van der Waals surface area contributed by atoms with Gasteiger partial charge in [0.15, 0.2) is 0 Å². The van der Waals surface area contributed by atoms with E-state index in [0.29, 0.717) is 5.75 Å². The normalized spacial score (nSPS) is 12.3. The number of carbonyl (C=O) groups is 1. The monoisotopic (exact) mass is 248 g/mol. The predicted molar refractivity (Wildman–Crippen MR) is 74.7 cm³/mol. The lowest BCUT2D eigenvalue weighted by atomic mass is 9.69.